The number of rotatable bonds is 5. The summed E-state index contributed by atoms with van der Waals surface area (Å²) in [5.41, 5.74) is 0.903. The van der Waals surface area contributed by atoms with Crippen molar-refractivity contribution < 1.29 is 8.42 Å². The van der Waals surface area contributed by atoms with Crippen LogP contribution >= 0.6 is 15.9 Å². The molecule has 8 heteroatoms. The summed E-state index contributed by atoms with van der Waals surface area (Å²) in [6, 6.07) is 5.26. The molecule has 0 atom stereocenters. The van der Waals surface area contributed by atoms with Gasteiger partial charge in [-0.05, 0) is 47.0 Å². The Balaban J connectivity index is 1.90. The summed E-state index contributed by atoms with van der Waals surface area (Å²) in [5.74, 6) is 0.821. The number of aliphatic imine (C=N–C) groups is 1. The Kier molecular flexibility index (Phi) is 5.82. The fourth-order valence-electron chi connectivity index (χ4n) is 2.16. The third-order valence-electron chi connectivity index (χ3n) is 3.35. The molecule has 0 saturated carbocycles. The van der Waals surface area contributed by atoms with Gasteiger partial charge in [-0.2, -0.15) is 0 Å². The highest BCUT2D eigenvalue weighted by Crippen LogP contribution is 2.22. The topological polar surface area (TPSA) is 73.8 Å². The quantitative estimate of drug-likeness (QED) is 0.745. The Bertz CT molecular complexity index is 661. The molecular weight excluding hydrogens is 368 g/mol. The van der Waals surface area contributed by atoms with Crippen molar-refractivity contribution in [3.8, 4) is 0 Å². The number of hydrogen-bond donors (Lipinski definition) is 2. The predicted octanol–water partition coefficient (Wildman–Crippen LogP) is 1.32. The van der Waals surface area contributed by atoms with Gasteiger partial charge < -0.3 is 10.2 Å². The molecule has 122 valence electrons. The first-order valence-corrected chi connectivity index (χ1v) is 9.43. The SMILES string of the molecule is Cc1ccc(Br)c(S(=O)(=O)NCCNC2=NCCCN2C)c1. The minimum Gasteiger partial charge on any atom is -0.355 e. The first-order chi connectivity index (χ1) is 10.4. The maximum absolute atomic E-state index is 12.3. The number of sulfonamides is 1. The molecule has 1 heterocycles. The highest BCUT2D eigenvalue weighted by Gasteiger charge is 2.17. The molecule has 0 fully saturated rings. The van der Waals surface area contributed by atoms with E-state index in [9.17, 15) is 8.42 Å². The summed E-state index contributed by atoms with van der Waals surface area (Å²) in [6.07, 6.45) is 1.05. The van der Waals surface area contributed by atoms with Crippen LogP contribution < -0.4 is 10.0 Å². The number of aryl methyl sites for hydroxylation is 1. The Morgan fingerprint density at radius 2 is 2.14 bits per heavy atom. The lowest BCUT2D eigenvalue weighted by Crippen LogP contribution is -2.44. The van der Waals surface area contributed by atoms with Crippen LogP contribution in [0.2, 0.25) is 0 Å². The second kappa shape index (κ2) is 7.43. The molecule has 0 aliphatic carbocycles. The Hall–Kier alpha value is -1.12. The first kappa shape index (κ1) is 17.2. The molecule has 2 rings (SSSR count). The van der Waals surface area contributed by atoms with Crippen LogP contribution in [0.4, 0.5) is 0 Å². The average Bonchev–Trinajstić information content (AvgIpc) is 2.48. The molecule has 0 spiro atoms. The van der Waals surface area contributed by atoms with Crippen molar-refractivity contribution in [1.82, 2.24) is 14.9 Å². The summed E-state index contributed by atoms with van der Waals surface area (Å²) in [4.78, 5) is 6.68. The van der Waals surface area contributed by atoms with Crippen molar-refractivity contribution in [2.24, 2.45) is 4.99 Å². The highest BCUT2D eigenvalue weighted by molar-refractivity contribution is 9.10. The molecule has 1 aromatic carbocycles. The molecule has 0 aromatic heterocycles. The first-order valence-electron chi connectivity index (χ1n) is 7.15. The fraction of sp³-hybridized carbons (Fsp3) is 0.500. The molecule has 2 N–H and O–H groups in total. The minimum atomic E-state index is -3.52. The van der Waals surface area contributed by atoms with Crippen LogP contribution in [0.5, 0.6) is 0 Å². The van der Waals surface area contributed by atoms with Gasteiger partial charge in [0.1, 0.15) is 0 Å². The van der Waals surface area contributed by atoms with Gasteiger partial charge in [-0.25, -0.2) is 13.1 Å². The molecule has 0 bridgehead atoms. The van der Waals surface area contributed by atoms with Gasteiger partial charge in [-0.3, -0.25) is 4.99 Å². The van der Waals surface area contributed by atoms with Gasteiger partial charge >= 0.3 is 0 Å². The van der Waals surface area contributed by atoms with Crippen LogP contribution in [0, 0.1) is 6.92 Å². The Morgan fingerprint density at radius 3 is 2.86 bits per heavy atom. The largest absolute Gasteiger partial charge is 0.355 e. The van der Waals surface area contributed by atoms with Crippen LogP contribution in [0.3, 0.4) is 0 Å². The van der Waals surface area contributed by atoms with Gasteiger partial charge in [0.25, 0.3) is 0 Å². The second-order valence-electron chi connectivity index (χ2n) is 5.24. The molecule has 6 nitrogen and oxygen atoms in total. The van der Waals surface area contributed by atoms with Crippen LogP contribution in [0.15, 0.2) is 32.6 Å². The lowest BCUT2D eigenvalue weighted by Gasteiger charge is -2.25. The summed E-state index contributed by atoms with van der Waals surface area (Å²) in [7, 11) is -1.55. The zero-order chi connectivity index (χ0) is 16.2. The van der Waals surface area contributed by atoms with E-state index in [1.807, 2.05) is 24.9 Å². The van der Waals surface area contributed by atoms with Gasteiger partial charge in [-0.1, -0.05) is 6.07 Å². The van der Waals surface area contributed by atoms with Crippen LogP contribution in [0.25, 0.3) is 0 Å². The van der Waals surface area contributed by atoms with E-state index in [0.717, 1.165) is 31.0 Å². The van der Waals surface area contributed by atoms with E-state index in [1.165, 1.54) is 0 Å². The van der Waals surface area contributed by atoms with E-state index >= 15 is 0 Å². The Morgan fingerprint density at radius 1 is 1.36 bits per heavy atom. The van der Waals surface area contributed by atoms with Gasteiger partial charge in [0.2, 0.25) is 10.0 Å². The van der Waals surface area contributed by atoms with Crippen LogP contribution in [-0.2, 0) is 10.0 Å². The fourth-order valence-corrected chi connectivity index (χ4v) is 4.24. The van der Waals surface area contributed by atoms with E-state index in [1.54, 1.807) is 12.1 Å². The lowest BCUT2D eigenvalue weighted by atomic mass is 10.2. The van der Waals surface area contributed by atoms with Crippen molar-refractivity contribution >= 4 is 31.9 Å². The minimum absolute atomic E-state index is 0.264. The number of nitrogens with zero attached hydrogens (tertiary/aromatic N) is 2. The average molecular weight is 389 g/mol. The van der Waals surface area contributed by atoms with Gasteiger partial charge in [0.15, 0.2) is 5.96 Å². The summed E-state index contributed by atoms with van der Waals surface area (Å²) < 4.78 is 27.8. The van der Waals surface area contributed by atoms with Crippen molar-refractivity contribution in [3.05, 3.63) is 28.2 Å². The third kappa shape index (κ3) is 4.44. The highest BCUT2D eigenvalue weighted by atomic mass is 79.9. The van der Waals surface area contributed by atoms with Crippen molar-refractivity contribution in [2.45, 2.75) is 18.2 Å². The Labute approximate surface area is 140 Å². The molecule has 0 unspecified atom stereocenters. The normalized spacial score (nSPS) is 15.6. The third-order valence-corrected chi connectivity index (χ3v) is 5.81. The molecule has 22 heavy (non-hydrogen) atoms. The number of benzene rings is 1. The molecule has 1 aromatic rings. The summed E-state index contributed by atoms with van der Waals surface area (Å²) in [5, 5.41) is 3.16. The molecule has 0 radical (unpaired) electrons. The van der Waals surface area contributed by atoms with Gasteiger partial charge in [0.05, 0.1) is 4.90 Å². The maximum Gasteiger partial charge on any atom is 0.241 e. The van der Waals surface area contributed by atoms with Crippen molar-refractivity contribution in [2.75, 3.05) is 33.2 Å². The standard InChI is InChI=1S/C14H21BrN4O2S/c1-11-4-5-12(15)13(10-11)22(20,21)18-8-7-17-14-16-6-3-9-19(14)2/h4-5,10,18H,3,6-9H2,1-2H3,(H,16,17). The predicted molar refractivity (Wildman–Crippen MR) is 91.6 cm³/mol. The molecule has 0 amide bonds. The number of guanidine groups is 1. The maximum atomic E-state index is 12.3. The van der Waals surface area contributed by atoms with Crippen molar-refractivity contribution in [1.29, 1.82) is 0 Å². The molecule has 0 saturated heterocycles. The van der Waals surface area contributed by atoms with Crippen LogP contribution in [-0.4, -0.2) is 52.5 Å². The zero-order valence-electron chi connectivity index (χ0n) is 12.8. The van der Waals surface area contributed by atoms with Gasteiger partial charge in [0, 0.05) is 37.7 Å². The van der Waals surface area contributed by atoms with Crippen LogP contribution in [0.1, 0.15) is 12.0 Å². The smallest absolute Gasteiger partial charge is 0.241 e. The van der Waals surface area contributed by atoms with E-state index < -0.39 is 10.0 Å². The zero-order valence-corrected chi connectivity index (χ0v) is 15.2. The summed E-state index contributed by atoms with van der Waals surface area (Å²) in [6.45, 7) is 4.44. The number of nitrogens with one attached hydrogen (secondary N) is 2. The number of halogens is 1. The molecular formula is C14H21BrN4O2S. The number of hydrogen-bond acceptors (Lipinski definition) is 5. The van der Waals surface area contributed by atoms with E-state index in [4.69, 9.17) is 0 Å². The van der Waals surface area contributed by atoms with Gasteiger partial charge in [-0.15, -0.1) is 0 Å². The van der Waals surface area contributed by atoms with Crippen molar-refractivity contribution in [3.63, 3.8) is 0 Å². The van der Waals surface area contributed by atoms with E-state index in [2.05, 4.69) is 31.0 Å². The summed E-state index contributed by atoms with van der Waals surface area (Å²) >= 11 is 3.29. The van der Waals surface area contributed by atoms with E-state index in [0.29, 0.717) is 17.6 Å². The van der Waals surface area contributed by atoms with E-state index in [-0.39, 0.29) is 4.90 Å². The molecule has 1 aliphatic heterocycles. The monoisotopic (exact) mass is 388 g/mol. The lowest BCUT2D eigenvalue weighted by molar-refractivity contribution is 0.446. The molecule has 1 aliphatic rings. The second-order valence-corrected chi connectivity index (χ2v) is 7.83.